The van der Waals surface area contributed by atoms with Crippen LogP contribution in [0.4, 0.5) is 5.69 Å². The maximum Gasteiger partial charge on any atom is 0.269 e. The number of nitrogens with one attached hydrogen (secondary N) is 1. The molecule has 1 aromatic rings. The molecule has 0 bridgehead atoms. The molecule has 0 radical (unpaired) electrons. The molecule has 1 saturated carbocycles. The molecule has 0 saturated heterocycles. The van der Waals surface area contributed by atoms with Crippen LogP contribution >= 0.6 is 0 Å². The van der Waals surface area contributed by atoms with Crippen molar-refractivity contribution in [3.63, 3.8) is 0 Å². The van der Waals surface area contributed by atoms with Crippen molar-refractivity contribution < 1.29 is 14.8 Å². The lowest BCUT2D eigenvalue weighted by Gasteiger charge is -2.24. The number of benzene rings is 1. The summed E-state index contributed by atoms with van der Waals surface area (Å²) in [7, 11) is 0. The molecular weight excluding hydrogens is 260 g/mol. The Bertz CT molecular complexity index is 498. The minimum absolute atomic E-state index is 0.101. The Hall–Kier alpha value is -1.95. The number of non-ortho nitro benzene ring substituents is 1. The molecule has 0 aliphatic heterocycles. The van der Waals surface area contributed by atoms with Crippen molar-refractivity contribution in [3.8, 4) is 0 Å². The van der Waals surface area contributed by atoms with E-state index in [0.29, 0.717) is 0 Å². The maximum atomic E-state index is 12.0. The van der Waals surface area contributed by atoms with Gasteiger partial charge < -0.3 is 10.4 Å². The first kappa shape index (κ1) is 14.5. The van der Waals surface area contributed by atoms with E-state index < -0.39 is 16.9 Å². The molecule has 1 unspecified atom stereocenters. The fourth-order valence-corrected chi connectivity index (χ4v) is 2.49. The molecule has 1 aliphatic carbocycles. The van der Waals surface area contributed by atoms with Gasteiger partial charge in [0.2, 0.25) is 0 Å². The van der Waals surface area contributed by atoms with Crippen LogP contribution in [0.1, 0.15) is 43.8 Å². The van der Waals surface area contributed by atoms with E-state index in [1.54, 1.807) is 0 Å². The van der Waals surface area contributed by atoms with Crippen LogP contribution in [-0.4, -0.2) is 22.0 Å². The summed E-state index contributed by atoms with van der Waals surface area (Å²) >= 11 is 0. The molecule has 1 aliphatic rings. The van der Waals surface area contributed by atoms with Crippen LogP contribution in [0.5, 0.6) is 0 Å². The average Bonchev–Trinajstić information content (AvgIpc) is 2.47. The Morgan fingerprint density at radius 2 is 2.05 bits per heavy atom. The summed E-state index contributed by atoms with van der Waals surface area (Å²) in [5, 5.41) is 23.5. The van der Waals surface area contributed by atoms with Gasteiger partial charge in [-0.25, -0.2) is 0 Å². The summed E-state index contributed by atoms with van der Waals surface area (Å²) < 4.78 is 0. The van der Waals surface area contributed by atoms with Gasteiger partial charge in [0.25, 0.3) is 11.6 Å². The van der Waals surface area contributed by atoms with E-state index in [0.717, 1.165) is 25.7 Å². The van der Waals surface area contributed by atoms with Gasteiger partial charge in [0.05, 0.1) is 4.92 Å². The van der Waals surface area contributed by atoms with Gasteiger partial charge in [-0.1, -0.05) is 31.4 Å². The quantitative estimate of drug-likeness (QED) is 0.651. The first-order chi connectivity index (χ1) is 9.58. The second-order valence-electron chi connectivity index (χ2n) is 5.10. The highest BCUT2D eigenvalue weighted by Gasteiger charge is 2.23. The summed E-state index contributed by atoms with van der Waals surface area (Å²) in [4.78, 5) is 22.1. The lowest BCUT2D eigenvalue weighted by atomic mass is 9.95. The number of aliphatic hydroxyl groups is 1. The molecule has 1 aromatic carbocycles. The van der Waals surface area contributed by atoms with Crippen molar-refractivity contribution in [1.29, 1.82) is 0 Å². The van der Waals surface area contributed by atoms with Crippen molar-refractivity contribution in [2.75, 3.05) is 0 Å². The molecule has 20 heavy (non-hydrogen) atoms. The smallest absolute Gasteiger partial charge is 0.269 e. The van der Waals surface area contributed by atoms with E-state index in [-0.39, 0.29) is 17.3 Å². The van der Waals surface area contributed by atoms with E-state index in [1.807, 2.05) is 0 Å². The Kier molecular flexibility index (Phi) is 4.68. The normalized spacial score (nSPS) is 17.4. The van der Waals surface area contributed by atoms with E-state index in [1.165, 1.54) is 30.7 Å². The summed E-state index contributed by atoms with van der Waals surface area (Å²) in [6.45, 7) is 0. The lowest BCUT2D eigenvalue weighted by Crippen LogP contribution is -2.39. The number of aliphatic hydroxyl groups excluding tert-OH is 1. The highest BCUT2D eigenvalue weighted by Crippen LogP contribution is 2.21. The minimum atomic E-state index is -1.36. The number of nitro groups is 1. The highest BCUT2D eigenvalue weighted by molar-refractivity contribution is 5.82. The van der Waals surface area contributed by atoms with Crippen molar-refractivity contribution >= 4 is 11.6 Å². The number of amides is 1. The van der Waals surface area contributed by atoms with Gasteiger partial charge in [-0.15, -0.1) is 0 Å². The molecule has 1 fully saturated rings. The zero-order valence-electron chi connectivity index (χ0n) is 11.1. The fourth-order valence-electron chi connectivity index (χ4n) is 2.49. The van der Waals surface area contributed by atoms with Gasteiger partial charge >= 0.3 is 0 Å². The fraction of sp³-hybridized carbons (Fsp3) is 0.500. The number of nitrogens with zero attached hydrogens (tertiary/aromatic N) is 1. The number of hydrogen-bond acceptors (Lipinski definition) is 4. The van der Waals surface area contributed by atoms with Crippen LogP contribution in [-0.2, 0) is 4.79 Å². The minimum Gasteiger partial charge on any atom is -0.378 e. The second-order valence-corrected chi connectivity index (χ2v) is 5.10. The molecule has 6 nitrogen and oxygen atoms in total. The van der Waals surface area contributed by atoms with E-state index in [4.69, 9.17) is 0 Å². The molecule has 2 rings (SSSR count). The van der Waals surface area contributed by atoms with Crippen molar-refractivity contribution in [2.24, 2.45) is 0 Å². The molecular formula is C14H18N2O4. The number of hydrogen-bond donors (Lipinski definition) is 2. The third-order valence-electron chi connectivity index (χ3n) is 3.60. The van der Waals surface area contributed by atoms with Gasteiger partial charge in [-0.2, -0.15) is 0 Å². The molecule has 1 atom stereocenters. The molecule has 0 spiro atoms. The zero-order valence-corrected chi connectivity index (χ0v) is 11.1. The van der Waals surface area contributed by atoms with Gasteiger partial charge in [-0.3, -0.25) is 14.9 Å². The lowest BCUT2D eigenvalue weighted by molar-refractivity contribution is -0.385. The van der Waals surface area contributed by atoms with Crippen LogP contribution in [0.2, 0.25) is 0 Å². The SMILES string of the molecule is O=C(NC1CCCCC1)C(O)c1cccc([N+](=O)[O-])c1. The number of rotatable bonds is 4. The van der Waals surface area contributed by atoms with E-state index >= 15 is 0 Å². The second kappa shape index (κ2) is 6.47. The van der Waals surface area contributed by atoms with Crippen LogP contribution in [0.3, 0.4) is 0 Å². The Balaban J connectivity index is 2.02. The van der Waals surface area contributed by atoms with Gasteiger partial charge in [-0.05, 0) is 18.4 Å². The largest absolute Gasteiger partial charge is 0.378 e. The standard InChI is InChI=1S/C14H18N2O4/c17-13(10-5-4-8-12(9-10)16(19)20)14(18)15-11-6-2-1-3-7-11/h4-5,8-9,11,13,17H,1-3,6-7H2,(H,15,18). The van der Waals surface area contributed by atoms with Gasteiger partial charge in [0, 0.05) is 18.2 Å². The Morgan fingerprint density at radius 1 is 1.35 bits per heavy atom. The molecule has 0 heterocycles. The predicted octanol–water partition coefficient (Wildman–Crippen LogP) is 2.08. The Labute approximate surface area is 117 Å². The first-order valence-corrected chi connectivity index (χ1v) is 6.80. The van der Waals surface area contributed by atoms with Crippen LogP contribution < -0.4 is 5.32 Å². The average molecular weight is 278 g/mol. The van der Waals surface area contributed by atoms with Crippen LogP contribution in [0, 0.1) is 10.1 Å². The topological polar surface area (TPSA) is 92.5 Å². The zero-order chi connectivity index (χ0) is 14.5. The highest BCUT2D eigenvalue weighted by atomic mass is 16.6. The molecule has 1 amide bonds. The Morgan fingerprint density at radius 3 is 2.70 bits per heavy atom. The van der Waals surface area contributed by atoms with Gasteiger partial charge in [0.15, 0.2) is 6.10 Å². The summed E-state index contributed by atoms with van der Waals surface area (Å²) in [5.41, 5.74) is 0.111. The molecule has 6 heteroatoms. The van der Waals surface area contributed by atoms with Crippen LogP contribution in [0.25, 0.3) is 0 Å². The third kappa shape index (κ3) is 3.54. The molecule has 0 aromatic heterocycles. The monoisotopic (exact) mass is 278 g/mol. The summed E-state index contributed by atoms with van der Waals surface area (Å²) in [6, 6.07) is 5.63. The van der Waals surface area contributed by atoms with Crippen molar-refractivity contribution in [2.45, 2.75) is 44.2 Å². The van der Waals surface area contributed by atoms with E-state index in [2.05, 4.69) is 5.32 Å². The van der Waals surface area contributed by atoms with Crippen LogP contribution in [0.15, 0.2) is 24.3 Å². The number of nitro benzene ring substituents is 1. The maximum absolute atomic E-state index is 12.0. The summed E-state index contributed by atoms with van der Waals surface area (Å²) in [6.07, 6.45) is 3.83. The molecule has 108 valence electrons. The number of carbonyl (C=O) groups excluding carboxylic acids is 1. The predicted molar refractivity (Wildman–Crippen MR) is 73.1 cm³/mol. The number of carbonyl (C=O) groups is 1. The van der Waals surface area contributed by atoms with Gasteiger partial charge in [0.1, 0.15) is 0 Å². The third-order valence-corrected chi connectivity index (χ3v) is 3.60. The van der Waals surface area contributed by atoms with Crippen molar-refractivity contribution in [3.05, 3.63) is 39.9 Å². The summed E-state index contributed by atoms with van der Waals surface area (Å²) in [5.74, 6) is -0.489. The first-order valence-electron chi connectivity index (χ1n) is 6.80. The van der Waals surface area contributed by atoms with E-state index in [9.17, 15) is 20.0 Å². The van der Waals surface area contributed by atoms with Crippen molar-refractivity contribution in [1.82, 2.24) is 5.32 Å². The molecule has 2 N–H and O–H groups in total.